The van der Waals surface area contributed by atoms with Crippen LogP contribution in [-0.4, -0.2) is 5.91 Å². The van der Waals surface area contributed by atoms with Crippen molar-refractivity contribution in [1.29, 1.82) is 0 Å². The molecule has 0 aliphatic carbocycles. The first kappa shape index (κ1) is 9.83. The Morgan fingerprint density at radius 3 is 2.56 bits per heavy atom. The van der Waals surface area contributed by atoms with E-state index in [4.69, 9.17) is 0 Å². The summed E-state index contributed by atoms with van der Waals surface area (Å²) in [5.74, 6) is -0.221. The van der Waals surface area contributed by atoms with Crippen molar-refractivity contribution in [3.05, 3.63) is 58.9 Å². The first-order valence-corrected chi connectivity index (χ1v) is 5.96. The molecule has 2 aliphatic heterocycles. The Balaban J connectivity index is 2.04. The first-order valence-electron chi connectivity index (χ1n) is 5.96. The third-order valence-corrected chi connectivity index (χ3v) is 3.66. The molecule has 0 radical (unpaired) electrons. The summed E-state index contributed by atoms with van der Waals surface area (Å²) in [6.45, 7) is 0. The molecule has 0 bridgehead atoms. The Bertz CT molecular complexity index is 693. The number of hydrogen-bond acceptors (Lipinski definition) is 1. The highest BCUT2D eigenvalue weighted by Gasteiger charge is 2.35. The molecule has 0 spiro atoms. The van der Waals surface area contributed by atoms with Crippen LogP contribution >= 0.6 is 0 Å². The van der Waals surface area contributed by atoms with Gasteiger partial charge in [-0.3, -0.25) is 9.69 Å². The fourth-order valence-corrected chi connectivity index (χ4v) is 2.98. The highest BCUT2D eigenvalue weighted by Crippen LogP contribution is 2.44. The quantitative estimate of drug-likeness (QED) is 0.692. The van der Waals surface area contributed by atoms with Gasteiger partial charge < -0.3 is 0 Å². The van der Waals surface area contributed by atoms with Gasteiger partial charge in [0.15, 0.2) is 0 Å². The lowest BCUT2D eigenvalue weighted by Gasteiger charge is -2.28. The van der Waals surface area contributed by atoms with E-state index in [1.165, 1.54) is 6.07 Å². The van der Waals surface area contributed by atoms with Crippen molar-refractivity contribution in [1.82, 2.24) is 0 Å². The number of nitrogens with zero attached hydrogens (tertiary/aromatic N) is 1. The van der Waals surface area contributed by atoms with Crippen LogP contribution in [0.25, 0.3) is 0 Å². The molecule has 0 aromatic heterocycles. The maximum Gasteiger partial charge on any atom is 0.236 e. The molecule has 1 amide bonds. The highest BCUT2D eigenvalue weighted by molar-refractivity contribution is 6.09. The molecule has 88 valence electrons. The SMILES string of the molecule is O=C1Cc2cc(F)cc3c2N1c1ccccc1C3. The van der Waals surface area contributed by atoms with Gasteiger partial charge in [-0.05, 0) is 34.9 Å². The van der Waals surface area contributed by atoms with Crippen LogP contribution in [-0.2, 0) is 17.6 Å². The number of hydrogen-bond donors (Lipinski definition) is 0. The third kappa shape index (κ3) is 1.13. The minimum atomic E-state index is -0.252. The molecule has 0 N–H and O–H groups in total. The van der Waals surface area contributed by atoms with Gasteiger partial charge in [0.2, 0.25) is 5.91 Å². The van der Waals surface area contributed by atoms with Crippen molar-refractivity contribution in [2.45, 2.75) is 12.8 Å². The molecule has 3 heteroatoms. The summed E-state index contributed by atoms with van der Waals surface area (Å²) in [6.07, 6.45) is 0.995. The van der Waals surface area contributed by atoms with Crippen LogP contribution in [0.15, 0.2) is 36.4 Å². The Kier molecular flexibility index (Phi) is 1.74. The van der Waals surface area contributed by atoms with Gasteiger partial charge >= 0.3 is 0 Å². The molecular weight excluding hydrogens is 229 g/mol. The van der Waals surface area contributed by atoms with E-state index in [0.717, 1.165) is 28.1 Å². The lowest BCUT2D eigenvalue weighted by atomic mass is 9.95. The molecule has 2 aliphatic rings. The topological polar surface area (TPSA) is 20.3 Å². The first-order chi connectivity index (χ1) is 8.74. The average molecular weight is 239 g/mol. The average Bonchev–Trinajstić information content (AvgIpc) is 2.67. The van der Waals surface area contributed by atoms with Crippen LogP contribution in [0, 0.1) is 5.82 Å². The molecule has 18 heavy (non-hydrogen) atoms. The predicted octanol–water partition coefficient (Wildman–Crippen LogP) is 2.95. The molecule has 2 nitrogen and oxygen atoms in total. The minimum Gasteiger partial charge on any atom is -0.280 e. The Morgan fingerprint density at radius 1 is 1.00 bits per heavy atom. The molecule has 4 rings (SSSR count). The standard InChI is InChI=1S/C15H10FNO/c16-12-6-10-5-9-3-1-2-4-13(9)17-14(18)8-11(7-12)15(10)17/h1-4,6-7H,5,8H2. The van der Waals surface area contributed by atoms with Gasteiger partial charge in [0.25, 0.3) is 0 Å². The van der Waals surface area contributed by atoms with E-state index in [2.05, 4.69) is 0 Å². The van der Waals surface area contributed by atoms with Gasteiger partial charge in [-0.2, -0.15) is 0 Å². The molecule has 2 heterocycles. The minimum absolute atomic E-state index is 0.0315. The number of para-hydroxylation sites is 1. The van der Waals surface area contributed by atoms with Gasteiger partial charge in [0, 0.05) is 6.42 Å². The summed E-state index contributed by atoms with van der Waals surface area (Å²) >= 11 is 0. The van der Waals surface area contributed by atoms with Crippen molar-refractivity contribution in [2.24, 2.45) is 0 Å². The summed E-state index contributed by atoms with van der Waals surface area (Å²) in [7, 11) is 0. The van der Waals surface area contributed by atoms with Crippen LogP contribution in [0.1, 0.15) is 16.7 Å². The molecule has 0 saturated carbocycles. The summed E-state index contributed by atoms with van der Waals surface area (Å²) in [5.41, 5.74) is 4.65. The fraction of sp³-hybridized carbons (Fsp3) is 0.133. The normalized spacial score (nSPS) is 15.6. The van der Waals surface area contributed by atoms with Gasteiger partial charge in [-0.25, -0.2) is 4.39 Å². The second-order valence-electron chi connectivity index (χ2n) is 4.78. The predicted molar refractivity (Wildman–Crippen MR) is 66.5 cm³/mol. The Labute approximate surface area is 104 Å². The molecule has 0 fully saturated rings. The number of rotatable bonds is 0. The van der Waals surface area contributed by atoms with E-state index in [1.54, 1.807) is 11.0 Å². The smallest absolute Gasteiger partial charge is 0.236 e. The van der Waals surface area contributed by atoms with Crippen LogP contribution < -0.4 is 4.90 Å². The largest absolute Gasteiger partial charge is 0.280 e. The monoisotopic (exact) mass is 239 g/mol. The molecule has 2 aromatic rings. The summed E-state index contributed by atoms with van der Waals surface area (Å²) in [5, 5.41) is 0. The number of amides is 1. The molecule has 0 unspecified atom stereocenters. The third-order valence-electron chi connectivity index (χ3n) is 3.66. The lowest BCUT2D eigenvalue weighted by molar-refractivity contribution is -0.116. The zero-order valence-electron chi connectivity index (χ0n) is 9.61. The van der Waals surface area contributed by atoms with Crippen LogP contribution in [0.2, 0.25) is 0 Å². The van der Waals surface area contributed by atoms with Crippen molar-refractivity contribution in [2.75, 3.05) is 4.90 Å². The van der Waals surface area contributed by atoms with Crippen LogP contribution in [0.3, 0.4) is 0 Å². The zero-order chi connectivity index (χ0) is 12.3. The number of halogens is 1. The van der Waals surface area contributed by atoms with E-state index in [-0.39, 0.29) is 11.7 Å². The van der Waals surface area contributed by atoms with Gasteiger partial charge in [-0.15, -0.1) is 0 Å². The number of carbonyl (C=O) groups is 1. The van der Waals surface area contributed by atoms with Gasteiger partial charge in [0.05, 0.1) is 17.8 Å². The van der Waals surface area contributed by atoms with Gasteiger partial charge in [-0.1, -0.05) is 18.2 Å². The highest BCUT2D eigenvalue weighted by atomic mass is 19.1. The van der Waals surface area contributed by atoms with Gasteiger partial charge in [0.1, 0.15) is 5.82 Å². The molecule has 0 atom stereocenters. The van der Waals surface area contributed by atoms with E-state index in [1.807, 2.05) is 24.3 Å². The van der Waals surface area contributed by atoms with E-state index in [9.17, 15) is 9.18 Å². The van der Waals surface area contributed by atoms with Crippen molar-refractivity contribution in [3.63, 3.8) is 0 Å². The maximum atomic E-state index is 13.5. The second kappa shape index (κ2) is 3.19. The number of anilines is 2. The Hall–Kier alpha value is -2.16. The van der Waals surface area contributed by atoms with E-state index < -0.39 is 0 Å². The van der Waals surface area contributed by atoms with Crippen LogP contribution in [0.4, 0.5) is 15.8 Å². The number of fused-ring (bicyclic) bond motifs is 2. The van der Waals surface area contributed by atoms with Crippen molar-refractivity contribution >= 4 is 17.3 Å². The number of carbonyl (C=O) groups excluding carboxylic acids is 1. The lowest BCUT2D eigenvalue weighted by Crippen LogP contribution is -2.25. The maximum absolute atomic E-state index is 13.5. The van der Waals surface area contributed by atoms with E-state index in [0.29, 0.717) is 12.8 Å². The van der Waals surface area contributed by atoms with Crippen molar-refractivity contribution in [3.8, 4) is 0 Å². The molecule has 0 saturated heterocycles. The Morgan fingerprint density at radius 2 is 1.72 bits per heavy atom. The molecular formula is C15H10FNO. The number of benzene rings is 2. The van der Waals surface area contributed by atoms with E-state index >= 15 is 0 Å². The van der Waals surface area contributed by atoms with Crippen LogP contribution in [0.5, 0.6) is 0 Å². The fourth-order valence-electron chi connectivity index (χ4n) is 2.98. The summed E-state index contributed by atoms with van der Waals surface area (Å²) in [4.78, 5) is 13.9. The molecule has 2 aromatic carbocycles. The van der Waals surface area contributed by atoms with Crippen molar-refractivity contribution < 1.29 is 9.18 Å². The zero-order valence-corrected chi connectivity index (χ0v) is 9.61. The summed E-state index contributed by atoms with van der Waals surface area (Å²) in [6, 6.07) is 10.8. The second-order valence-corrected chi connectivity index (χ2v) is 4.78. The summed E-state index contributed by atoms with van der Waals surface area (Å²) < 4.78 is 13.5.